The van der Waals surface area contributed by atoms with Crippen molar-refractivity contribution >= 4 is 23.2 Å². The second-order valence-corrected chi connectivity index (χ2v) is 7.04. The number of hydrogen-bond acceptors (Lipinski definition) is 5. The highest BCUT2D eigenvalue weighted by molar-refractivity contribution is 7.14. The Hall–Kier alpha value is -1.40. The lowest BCUT2D eigenvalue weighted by Gasteiger charge is -2.19. The lowest BCUT2D eigenvalue weighted by molar-refractivity contribution is -0.129. The number of nitrogens with one attached hydrogen (secondary N) is 1. The monoisotopic (exact) mass is 339 g/mol. The quantitative estimate of drug-likeness (QED) is 0.612. The Morgan fingerprint density at radius 1 is 1.48 bits per heavy atom. The van der Waals surface area contributed by atoms with Crippen LogP contribution >= 0.6 is 11.3 Å². The van der Waals surface area contributed by atoms with Crippen LogP contribution in [-0.2, 0) is 27.1 Å². The molecule has 2 atom stereocenters. The number of amides is 1. The van der Waals surface area contributed by atoms with Gasteiger partial charge in [-0.1, -0.05) is 13.3 Å². The van der Waals surface area contributed by atoms with Crippen LogP contribution < -0.4 is 5.32 Å². The van der Waals surface area contributed by atoms with E-state index in [1.165, 1.54) is 34.6 Å². The van der Waals surface area contributed by atoms with Crippen LogP contribution in [-0.4, -0.2) is 38.2 Å². The van der Waals surface area contributed by atoms with Gasteiger partial charge in [-0.05, 0) is 43.7 Å². The Balaban J connectivity index is 1.91. The van der Waals surface area contributed by atoms with Gasteiger partial charge < -0.3 is 14.8 Å². The average molecular weight is 339 g/mol. The summed E-state index contributed by atoms with van der Waals surface area (Å²) < 4.78 is 10.1. The standard InChI is InChI=1S/C17H25NO4S/c1-4-12-5-6-14-13(9-12)10-15(23-14)17(20)22-11(2)16(19)18-7-8-21-3/h10-12H,4-9H2,1-3H3,(H,18,19)/t11-,12+/m1/s1. The summed E-state index contributed by atoms with van der Waals surface area (Å²) in [7, 11) is 1.57. The van der Waals surface area contributed by atoms with E-state index in [4.69, 9.17) is 9.47 Å². The molecule has 1 N–H and O–H groups in total. The van der Waals surface area contributed by atoms with E-state index in [-0.39, 0.29) is 5.91 Å². The summed E-state index contributed by atoms with van der Waals surface area (Å²) >= 11 is 1.50. The maximum atomic E-state index is 12.2. The van der Waals surface area contributed by atoms with E-state index in [1.807, 2.05) is 6.07 Å². The summed E-state index contributed by atoms with van der Waals surface area (Å²) in [6.07, 6.45) is 3.65. The minimum Gasteiger partial charge on any atom is -0.448 e. The molecule has 0 aliphatic heterocycles. The lowest BCUT2D eigenvalue weighted by atomic mass is 9.87. The molecule has 6 heteroatoms. The predicted octanol–water partition coefficient (Wildman–Crippen LogP) is 2.57. The summed E-state index contributed by atoms with van der Waals surface area (Å²) in [4.78, 5) is 26.0. The molecule has 0 spiro atoms. The van der Waals surface area contributed by atoms with Gasteiger partial charge in [0.25, 0.3) is 5.91 Å². The minimum atomic E-state index is -0.804. The largest absolute Gasteiger partial charge is 0.448 e. The zero-order chi connectivity index (χ0) is 16.8. The number of carbonyl (C=O) groups excluding carboxylic acids is 2. The average Bonchev–Trinajstić information content (AvgIpc) is 2.97. The summed E-state index contributed by atoms with van der Waals surface area (Å²) in [6.45, 7) is 4.63. The first kappa shape index (κ1) is 17.9. The Morgan fingerprint density at radius 2 is 2.26 bits per heavy atom. The van der Waals surface area contributed by atoms with Crippen molar-refractivity contribution < 1.29 is 19.1 Å². The molecule has 1 aromatic heterocycles. The second-order valence-electron chi connectivity index (χ2n) is 5.91. The van der Waals surface area contributed by atoms with Crippen molar-refractivity contribution in [2.75, 3.05) is 20.3 Å². The van der Waals surface area contributed by atoms with E-state index in [9.17, 15) is 9.59 Å². The topological polar surface area (TPSA) is 64.6 Å². The van der Waals surface area contributed by atoms with Crippen molar-refractivity contribution in [3.05, 3.63) is 21.4 Å². The number of thiophene rings is 1. The molecule has 0 fully saturated rings. The normalized spacial score (nSPS) is 18.1. The number of carbonyl (C=O) groups is 2. The van der Waals surface area contributed by atoms with Crippen molar-refractivity contribution in [1.82, 2.24) is 5.32 Å². The van der Waals surface area contributed by atoms with Crippen LogP contribution in [0, 0.1) is 5.92 Å². The molecule has 0 saturated carbocycles. The highest BCUT2D eigenvalue weighted by Gasteiger charge is 2.24. The molecule has 0 saturated heterocycles. The zero-order valence-electron chi connectivity index (χ0n) is 14.0. The van der Waals surface area contributed by atoms with Crippen LogP contribution in [0.25, 0.3) is 0 Å². The van der Waals surface area contributed by atoms with Gasteiger partial charge in [0.2, 0.25) is 0 Å². The first-order chi connectivity index (χ1) is 11.0. The maximum absolute atomic E-state index is 12.2. The van der Waals surface area contributed by atoms with E-state index in [0.29, 0.717) is 23.9 Å². The number of methoxy groups -OCH3 is 1. The molecular weight excluding hydrogens is 314 g/mol. The van der Waals surface area contributed by atoms with Gasteiger partial charge in [-0.25, -0.2) is 4.79 Å². The maximum Gasteiger partial charge on any atom is 0.349 e. The van der Waals surface area contributed by atoms with Crippen LogP contribution in [0.5, 0.6) is 0 Å². The molecule has 1 heterocycles. The number of hydrogen-bond donors (Lipinski definition) is 1. The number of rotatable bonds is 7. The zero-order valence-corrected chi connectivity index (χ0v) is 14.8. The van der Waals surface area contributed by atoms with Crippen LogP contribution in [0.3, 0.4) is 0 Å². The molecule has 1 aliphatic carbocycles. The van der Waals surface area contributed by atoms with Gasteiger partial charge >= 0.3 is 5.97 Å². The fraction of sp³-hybridized carbons (Fsp3) is 0.647. The fourth-order valence-corrected chi connectivity index (χ4v) is 3.83. The third-order valence-electron chi connectivity index (χ3n) is 4.22. The van der Waals surface area contributed by atoms with Crippen LogP contribution in [0.4, 0.5) is 0 Å². The Kier molecular flexibility index (Phi) is 6.59. The summed E-state index contributed by atoms with van der Waals surface area (Å²) in [5, 5.41) is 2.66. The summed E-state index contributed by atoms with van der Waals surface area (Å²) in [5.74, 6) is 0.000984. The van der Waals surface area contributed by atoms with Gasteiger partial charge in [0.15, 0.2) is 6.10 Å². The van der Waals surface area contributed by atoms with Crippen molar-refractivity contribution in [3.63, 3.8) is 0 Å². The molecular formula is C17H25NO4S. The van der Waals surface area contributed by atoms with Crippen LogP contribution in [0.2, 0.25) is 0 Å². The van der Waals surface area contributed by atoms with Crippen molar-refractivity contribution in [3.8, 4) is 0 Å². The van der Waals surface area contributed by atoms with E-state index < -0.39 is 12.1 Å². The third kappa shape index (κ3) is 4.78. The molecule has 1 aromatic rings. The van der Waals surface area contributed by atoms with Gasteiger partial charge in [-0.15, -0.1) is 11.3 Å². The molecule has 0 radical (unpaired) electrons. The highest BCUT2D eigenvalue weighted by Crippen LogP contribution is 2.33. The first-order valence-electron chi connectivity index (χ1n) is 8.14. The van der Waals surface area contributed by atoms with Crippen LogP contribution in [0.1, 0.15) is 46.8 Å². The van der Waals surface area contributed by atoms with E-state index >= 15 is 0 Å². The smallest absolute Gasteiger partial charge is 0.349 e. The van der Waals surface area contributed by atoms with Gasteiger partial charge in [0, 0.05) is 18.5 Å². The summed E-state index contributed by atoms with van der Waals surface area (Å²) in [5.41, 5.74) is 1.28. The van der Waals surface area contributed by atoms with Crippen LogP contribution in [0.15, 0.2) is 6.07 Å². The second kappa shape index (κ2) is 8.45. The third-order valence-corrected chi connectivity index (χ3v) is 5.44. The molecule has 1 amide bonds. The number of aryl methyl sites for hydroxylation is 1. The molecule has 0 aromatic carbocycles. The minimum absolute atomic E-state index is 0.303. The molecule has 1 aliphatic rings. The van der Waals surface area contributed by atoms with E-state index in [1.54, 1.807) is 14.0 Å². The van der Waals surface area contributed by atoms with Gasteiger partial charge in [0.1, 0.15) is 4.88 Å². The Labute approximate surface area is 141 Å². The Morgan fingerprint density at radius 3 is 2.96 bits per heavy atom. The van der Waals surface area contributed by atoms with Crippen molar-refractivity contribution in [1.29, 1.82) is 0 Å². The van der Waals surface area contributed by atoms with Gasteiger partial charge in [-0.3, -0.25) is 4.79 Å². The number of fused-ring (bicyclic) bond motifs is 1. The van der Waals surface area contributed by atoms with Gasteiger partial charge in [0.05, 0.1) is 6.61 Å². The molecule has 5 nitrogen and oxygen atoms in total. The fourth-order valence-electron chi connectivity index (χ4n) is 2.74. The van der Waals surface area contributed by atoms with Crippen molar-refractivity contribution in [2.45, 2.75) is 45.6 Å². The molecule has 0 unspecified atom stereocenters. The highest BCUT2D eigenvalue weighted by atomic mass is 32.1. The molecule has 2 rings (SSSR count). The first-order valence-corrected chi connectivity index (χ1v) is 8.96. The molecule has 0 bridgehead atoms. The lowest BCUT2D eigenvalue weighted by Crippen LogP contribution is -2.37. The SMILES string of the molecule is CC[C@H]1CCc2sc(C(=O)O[C@H](C)C(=O)NCCOC)cc2C1. The number of ether oxygens (including phenoxy) is 2. The van der Waals surface area contributed by atoms with Gasteiger partial charge in [-0.2, -0.15) is 0 Å². The summed E-state index contributed by atoms with van der Waals surface area (Å²) in [6, 6.07) is 1.94. The van der Waals surface area contributed by atoms with E-state index in [2.05, 4.69) is 12.2 Å². The Bertz CT molecular complexity index is 555. The van der Waals surface area contributed by atoms with E-state index in [0.717, 1.165) is 12.8 Å². The number of esters is 1. The molecule has 128 valence electrons. The predicted molar refractivity (Wildman–Crippen MR) is 89.9 cm³/mol. The molecule has 23 heavy (non-hydrogen) atoms. The van der Waals surface area contributed by atoms with Crippen molar-refractivity contribution in [2.24, 2.45) is 5.92 Å².